The molecule has 112 valence electrons. The summed E-state index contributed by atoms with van der Waals surface area (Å²) in [5, 5.41) is 4.49. The smallest absolute Gasteiger partial charge is 0.122 e. The molecule has 0 bridgehead atoms. The molecule has 0 spiro atoms. The molecule has 1 N–H and O–H groups in total. The molecule has 0 saturated heterocycles. The summed E-state index contributed by atoms with van der Waals surface area (Å²) in [5.74, 6) is 1.60. The molecule has 1 heterocycles. The van der Waals surface area contributed by atoms with Crippen LogP contribution in [-0.4, -0.2) is 26.3 Å². The molecule has 1 aromatic heterocycles. The van der Waals surface area contributed by atoms with Crippen LogP contribution in [0.4, 0.5) is 0 Å². The van der Waals surface area contributed by atoms with E-state index in [1.165, 1.54) is 23.4 Å². The lowest BCUT2D eigenvalue weighted by molar-refractivity contribution is 0.392. The van der Waals surface area contributed by atoms with Gasteiger partial charge in [-0.15, -0.1) is 11.3 Å². The molecule has 0 radical (unpaired) electrons. The molecule has 5 heteroatoms. The Morgan fingerprint density at radius 3 is 2.43 bits per heavy atom. The highest BCUT2D eigenvalue weighted by Gasteiger charge is 2.23. The monoisotopic (exact) mass is 304 g/mol. The van der Waals surface area contributed by atoms with E-state index in [0.29, 0.717) is 0 Å². The number of hydrogen-bond acceptors (Lipinski definition) is 5. The predicted octanol–water partition coefficient (Wildman–Crippen LogP) is 2.96. The molecule has 0 fully saturated rings. The second-order valence-corrected chi connectivity index (χ2v) is 6.26. The van der Waals surface area contributed by atoms with E-state index in [9.17, 15) is 0 Å². The largest absolute Gasteiger partial charge is 0.497 e. The Bertz CT molecular complexity index is 595. The number of methoxy groups -OCH3 is 2. The molecular weight excluding hydrogens is 284 g/mol. The van der Waals surface area contributed by atoms with Crippen molar-refractivity contribution in [1.29, 1.82) is 0 Å². The third-order valence-corrected chi connectivity index (χ3v) is 5.08. The molecule has 0 amide bonds. The summed E-state index contributed by atoms with van der Waals surface area (Å²) in [4.78, 5) is 6.27. The van der Waals surface area contributed by atoms with Crippen molar-refractivity contribution in [2.24, 2.45) is 0 Å². The van der Waals surface area contributed by atoms with E-state index in [1.54, 1.807) is 14.2 Å². The predicted molar refractivity (Wildman–Crippen MR) is 84.6 cm³/mol. The molecule has 1 aliphatic carbocycles. The first-order chi connectivity index (χ1) is 10.2. The van der Waals surface area contributed by atoms with Gasteiger partial charge in [0.1, 0.15) is 16.5 Å². The fourth-order valence-electron chi connectivity index (χ4n) is 2.76. The van der Waals surface area contributed by atoms with Crippen molar-refractivity contribution in [3.63, 3.8) is 0 Å². The standard InChI is InChI=1S/C16H20N2O2S/c1-17-15(16-18-13-5-4-6-14(13)21-16)10-7-11(19-2)9-12(8-10)20-3/h7-9,15,17H,4-6H2,1-3H3. The maximum absolute atomic E-state index is 5.36. The maximum Gasteiger partial charge on any atom is 0.122 e. The summed E-state index contributed by atoms with van der Waals surface area (Å²) in [6, 6.07) is 6.04. The first-order valence-electron chi connectivity index (χ1n) is 7.14. The topological polar surface area (TPSA) is 43.4 Å². The van der Waals surface area contributed by atoms with E-state index in [0.717, 1.165) is 28.5 Å². The van der Waals surface area contributed by atoms with Gasteiger partial charge < -0.3 is 14.8 Å². The lowest BCUT2D eigenvalue weighted by Crippen LogP contribution is -2.17. The summed E-state index contributed by atoms with van der Waals surface area (Å²) in [6.07, 6.45) is 3.53. The zero-order valence-corrected chi connectivity index (χ0v) is 13.4. The van der Waals surface area contributed by atoms with Crippen molar-refractivity contribution in [1.82, 2.24) is 10.3 Å². The lowest BCUT2D eigenvalue weighted by atomic mass is 10.1. The van der Waals surface area contributed by atoms with Gasteiger partial charge in [-0.05, 0) is 44.0 Å². The average Bonchev–Trinajstić information content (AvgIpc) is 3.09. The van der Waals surface area contributed by atoms with Crippen LogP contribution < -0.4 is 14.8 Å². The lowest BCUT2D eigenvalue weighted by Gasteiger charge is -2.16. The van der Waals surface area contributed by atoms with E-state index >= 15 is 0 Å². The van der Waals surface area contributed by atoms with Gasteiger partial charge in [-0.2, -0.15) is 0 Å². The van der Waals surface area contributed by atoms with Gasteiger partial charge in [0.25, 0.3) is 0 Å². The van der Waals surface area contributed by atoms with Crippen molar-refractivity contribution in [3.8, 4) is 11.5 Å². The number of hydrogen-bond donors (Lipinski definition) is 1. The summed E-state index contributed by atoms with van der Waals surface area (Å²) in [5.41, 5.74) is 2.39. The number of nitrogens with zero attached hydrogens (tertiary/aromatic N) is 1. The van der Waals surface area contributed by atoms with Gasteiger partial charge in [-0.1, -0.05) is 0 Å². The van der Waals surface area contributed by atoms with E-state index in [1.807, 2.05) is 36.6 Å². The number of thiazole rings is 1. The molecule has 2 aromatic rings. The van der Waals surface area contributed by atoms with Crippen molar-refractivity contribution < 1.29 is 9.47 Å². The third kappa shape index (κ3) is 2.76. The van der Waals surface area contributed by atoms with E-state index in [4.69, 9.17) is 14.5 Å². The van der Waals surface area contributed by atoms with Gasteiger partial charge in [0, 0.05) is 10.9 Å². The van der Waals surface area contributed by atoms with Gasteiger partial charge in [0.2, 0.25) is 0 Å². The van der Waals surface area contributed by atoms with E-state index < -0.39 is 0 Å². The van der Waals surface area contributed by atoms with Crippen molar-refractivity contribution in [2.75, 3.05) is 21.3 Å². The van der Waals surface area contributed by atoms with Crippen LogP contribution in [0.15, 0.2) is 18.2 Å². The number of nitrogens with one attached hydrogen (secondary N) is 1. The first kappa shape index (κ1) is 14.4. The molecule has 4 nitrogen and oxygen atoms in total. The molecule has 1 atom stereocenters. The summed E-state index contributed by atoms with van der Waals surface area (Å²) < 4.78 is 10.7. The highest BCUT2D eigenvalue weighted by Crippen LogP contribution is 2.35. The second kappa shape index (κ2) is 6.03. The third-order valence-electron chi connectivity index (χ3n) is 3.85. The summed E-state index contributed by atoms with van der Waals surface area (Å²) in [7, 11) is 5.30. The fourth-order valence-corrected chi connectivity index (χ4v) is 4.05. The number of benzene rings is 1. The maximum atomic E-state index is 5.36. The van der Waals surface area contributed by atoms with Crippen LogP contribution in [0.3, 0.4) is 0 Å². The SMILES string of the molecule is CNC(c1cc(OC)cc(OC)c1)c1nc2c(s1)CCC2. The Hall–Kier alpha value is -1.59. The van der Waals surface area contributed by atoms with Crippen LogP contribution in [0.1, 0.15) is 33.6 Å². The number of rotatable bonds is 5. The minimum atomic E-state index is 0.0737. The van der Waals surface area contributed by atoms with Crippen LogP contribution in [0.25, 0.3) is 0 Å². The Labute approximate surface area is 129 Å². The van der Waals surface area contributed by atoms with Crippen LogP contribution in [0, 0.1) is 0 Å². The zero-order chi connectivity index (χ0) is 14.8. The highest BCUT2D eigenvalue weighted by molar-refractivity contribution is 7.11. The van der Waals surface area contributed by atoms with E-state index in [-0.39, 0.29) is 6.04 Å². The zero-order valence-electron chi connectivity index (χ0n) is 12.6. The quantitative estimate of drug-likeness (QED) is 0.922. The minimum Gasteiger partial charge on any atom is -0.497 e. The number of aryl methyl sites for hydroxylation is 2. The molecule has 1 unspecified atom stereocenters. The minimum absolute atomic E-state index is 0.0737. The van der Waals surface area contributed by atoms with Crippen molar-refractivity contribution >= 4 is 11.3 Å². The van der Waals surface area contributed by atoms with Gasteiger partial charge in [0.15, 0.2) is 0 Å². The molecule has 0 saturated carbocycles. The first-order valence-corrected chi connectivity index (χ1v) is 7.95. The molecule has 1 aromatic carbocycles. The Balaban J connectivity index is 1.98. The molecule has 1 aliphatic rings. The second-order valence-electron chi connectivity index (χ2n) is 5.14. The van der Waals surface area contributed by atoms with Crippen LogP contribution in [-0.2, 0) is 12.8 Å². The Kier molecular flexibility index (Phi) is 4.12. The molecule has 21 heavy (non-hydrogen) atoms. The molecule has 0 aliphatic heterocycles. The normalized spacial score (nSPS) is 14.8. The van der Waals surface area contributed by atoms with Gasteiger partial charge in [0.05, 0.1) is 26.0 Å². The Morgan fingerprint density at radius 1 is 1.14 bits per heavy atom. The van der Waals surface area contributed by atoms with Crippen molar-refractivity contribution in [2.45, 2.75) is 25.3 Å². The van der Waals surface area contributed by atoms with Crippen molar-refractivity contribution in [3.05, 3.63) is 39.3 Å². The van der Waals surface area contributed by atoms with Gasteiger partial charge >= 0.3 is 0 Å². The van der Waals surface area contributed by atoms with Crippen LogP contribution >= 0.6 is 11.3 Å². The number of aromatic nitrogens is 1. The Morgan fingerprint density at radius 2 is 1.86 bits per heavy atom. The number of fused-ring (bicyclic) bond motifs is 1. The average molecular weight is 304 g/mol. The summed E-state index contributed by atoms with van der Waals surface area (Å²) >= 11 is 1.82. The number of ether oxygens (including phenoxy) is 2. The van der Waals surface area contributed by atoms with Crippen LogP contribution in [0.5, 0.6) is 11.5 Å². The highest BCUT2D eigenvalue weighted by atomic mass is 32.1. The molecule has 3 rings (SSSR count). The molecular formula is C16H20N2O2S. The van der Waals surface area contributed by atoms with Gasteiger partial charge in [-0.3, -0.25) is 0 Å². The van der Waals surface area contributed by atoms with Gasteiger partial charge in [-0.25, -0.2) is 4.98 Å². The fraction of sp³-hybridized carbons (Fsp3) is 0.438. The van der Waals surface area contributed by atoms with Crippen LogP contribution in [0.2, 0.25) is 0 Å². The summed E-state index contributed by atoms with van der Waals surface area (Å²) in [6.45, 7) is 0. The van der Waals surface area contributed by atoms with E-state index in [2.05, 4.69) is 5.32 Å².